The fourth-order valence-corrected chi connectivity index (χ4v) is 0.863. The van der Waals surface area contributed by atoms with Crippen molar-refractivity contribution < 1.29 is 0 Å². The number of nitrogens with zero attached hydrogens (tertiary/aromatic N) is 1. The third-order valence-corrected chi connectivity index (χ3v) is 1.52. The van der Waals surface area contributed by atoms with Gasteiger partial charge < -0.3 is 11.1 Å². The molecule has 3 N–H and O–H groups in total. The van der Waals surface area contributed by atoms with Crippen LogP contribution in [0.25, 0.3) is 0 Å². The Balaban J connectivity index is 3.03. The number of nitrogen functional groups attached to an aromatic ring is 1. The van der Waals surface area contributed by atoms with Crippen LogP contribution in [0.5, 0.6) is 0 Å². The van der Waals surface area contributed by atoms with E-state index in [0.717, 1.165) is 5.56 Å². The van der Waals surface area contributed by atoms with Crippen molar-refractivity contribution in [2.75, 3.05) is 5.73 Å². The maximum Gasteiger partial charge on any atom is 0.132 e. The molecule has 0 radical (unpaired) electrons. The van der Waals surface area contributed by atoms with E-state index in [9.17, 15) is 0 Å². The second kappa shape index (κ2) is 3.14. The number of nitrogens with one attached hydrogen (secondary N) is 1. The van der Waals surface area contributed by atoms with E-state index < -0.39 is 0 Å². The highest BCUT2D eigenvalue weighted by Gasteiger charge is 2.02. The summed E-state index contributed by atoms with van der Waals surface area (Å²) >= 11 is 0. The maximum absolute atomic E-state index is 7.50. The van der Waals surface area contributed by atoms with Crippen molar-refractivity contribution in [3.05, 3.63) is 23.9 Å². The lowest BCUT2D eigenvalue weighted by Crippen LogP contribution is -2.03. The third-order valence-electron chi connectivity index (χ3n) is 1.52. The monoisotopic (exact) mass is 149 g/mol. The molecule has 58 valence electrons. The molecular formula is C8H11N3. The van der Waals surface area contributed by atoms with E-state index in [0.29, 0.717) is 18.0 Å². The van der Waals surface area contributed by atoms with E-state index in [4.69, 9.17) is 11.1 Å². The number of anilines is 1. The minimum Gasteiger partial charge on any atom is -0.383 e. The van der Waals surface area contributed by atoms with Crippen molar-refractivity contribution in [3.8, 4) is 0 Å². The minimum absolute atomic E-state index is 0.444. The average molecular weight is 149 g/mol. The zero-order valence-corrected chi connectivity index (χ0v) is 6.46. The Hall–Kier alpha value is -1.38. The summed E-state index contributed by atoms with van der Waals surface area (Å²) in [5.74, 6) is 0.444. The van der Waals surface area contributed by atoms with Crippen LogP contribution in [0.1, 0.15) is 18.9 Å². The molecule has 0 saturated carbocycles. The second-order valence-electron chi connectivity index (χ2n) is 2.27. The summed E-state index contributed by atoms with van der Waals surface area (Å²) in [6.45, 7) is 1.93. The molecule has 1 aromatic rings. The van der Waals surface area contributed by atoms with Gasteiger partial charge >= 0.3 is 0 Å². The number of hydrogen-bond donors (Lipinski definition) is 2. The van der Waals surface area contributed by atoms with Gasteiger partial charge in [0, 0.05) is 17.5 Å². The first-order chi connectivity index (χ1) is 5.25. The zero-order valence-electron chi connectivity index (χ0n) is 6.46. The largest absolute Gasteiger partial charge is 0.383 e. The van der Waals surface area contributed by atoms with Gasteiger partial charge in [0.05, 0.1) is 0 Å². The Labute approximate surface area is 65.8 Å². The van der Waals surface area contributed by atoms with Gasteiger partial charge in [-0.15, -0.1) is 0 Å². The molecule has 1 rings (SSSR count). The lowest BCUT2D eigenvalue weighted by atomic mass is 10.1. The molecule has 11 heavy (non-hydrogen) atoms. The van der Waals surface area contributed by atoms with E-state index in [-0.39, 0.29) is 0 Å². The average Bonchev–Trinajstić information content (AvgIpc) is 2.04. The van der Waals surface area contributed by atoms with E-state index in [2.05, 4.69) is 4.98 Å². The zero-order chi connectivity index (χ0) is 8.27. The van der Waals surface area contributed by atoms with Crippen molar-refractivity contribution in [2.24, 2.45) is 0 Å². The van der Waals surface area contributed by atoms with Crippen LogP contribution in [0.15, 0.2) is 18.3 Å². The molecule has 3 heteroatoms. The topological polar surface area (TPSA) is 62.8 Å². The number of pyridine rings is 1. The molecule has 0 spiro atoms. The highest BCUT2D eigenvalue weighted by Crippen LogP contribution is 2.08. The van der Waals surface area contributed by atoms with Gasteiger partial charge in [-0.3, -0.25) is 0 Å². The van der Waals surface area contributed by atoms with E-state index in [1.807, 2.05) is 13.0 Å². The summed E-state index contributed by atoms with van der Waals surface area (Å²) in [5.41, 5.74) is 6.83. The van der Waals surface area contributed by atoms with Gasteiger partial charge in [0.1, 0.15) is 5.82 Å². The fourth-order valence-electron chi connectivity index (χ4n) is 0.863. The summed E-state index contributed by atoms with van der Waals surface area (Å²) in [5, 5.41) is 7.50. The van der Waals surface area contributed by atoms with Crippen molar-refractivity contribution in [3.63, 3.8) is 0 Å². The first-order valence-electron chi connectivity index (χ1n) is 3.54. The number of hydrogen-bond acceptors (Lipinski definition) is 3. The third kappa shape index (κ3) is 1.55. The predicted octanol–water partition coefficient (Wildman–Crippen LogP) is 1.44. The molecule has 1 aromatic heterocycles. The molecule has 0 saturated heterocycles. The van der Waals surface area contributed by atoms with Crippen LogP contribution in [0.4, 0.5) is 5.82 Å². The van der Waals surface area contributed by atoms with Gasteiger partial charge in [-0.2, -0.15) is 0 Å². The van der Waals surface area contributed by atoms with Crippen LogP contribution < -0.4 is 5.73 Å². The summed E-state index contributed by atoms with van der Waals surface area (Å²) in [7, 11) is 0. The number of rotatable bonds is 2. The first-order valence-corrected chi connectivity index (χ1v) is 3.54. The lowest BCUT2D eigenvalue weighted by molar-refractivity contribution is 1.22. The summed E-state index contributed by atoms with van der Waals surface area (Å²) in [6, 6.07) is 3.60. The molecule has 0 bridgehead atoms. The molecule has 3 nitrogen and oxygen atoms in total. The van der Waals surface area contributed by atoms with Crippen LogP contribution >= 0.6 is 0 Å². The standard InChI is InChI=1S/C8H11N3/c1-2-7(9)6-4-3-5-11-8(6)10/h3-5,9H,2H2,1H3,(H2,10,11). The van der Waals surface area contributed by atoms with E-state index in [1.165, 1.54) is 0 Å². The summed E-state index contributed by atoms with van der Waals surface area (Å²) < 4.78 is 0. The molecule has 0 aliphatic heterocycles. The number of aromatic nitrogens is 1. The SMILES string of the molecule is CCC(=N)c1cccnc1N. The number of nitrogens with two attached hydrogens (primary N) is 1. The minimum atomic E-state index is 0.444. The summed E-state index contributed by atoms with van der Waals surface area (Å²) in [6.07, 6.45) is 2.32. The van der Waals surface area contributed by atoms with Crippen molar-refractivity contribution in [2.45, 2.75) is 13.3 Å². The fraction of sp³-hybridized carbons (Fsp3) is 0.250. The molecule has 0 unspecified atom stereocenters. The molecular weight excluding hydrogens is 138 g/mol. The van der Waals surface area contributed by atoms with Gasteiger partial charge in [0.25, 0.3) is 0 Å². The lowest BCUT2D eigenvalue weighted by Gasteiger charge is -2.02. The van der Waals surface area contributed by atoms with Gasteiger partial charge in [0.15, 0.2) is 0 Å². The van der Waals surface area contributed by atoms with Crippen LogP contribution in [0, 0.1) is 5.41 Å². The second-order valence-corrected chi connectivity index (χ2v) is 2.27. The van der Waals surface area contributed by atoms with Crippen molar-refractivity contribution in [1.29, 1.82) is 5.41 Å². The molecule has 0 aliphatic rings. The van der Waals surface area contributed by atoms with Crippen molar-refractivity contribution >= 4 is 11.5 Å². The smallest absolute Gasteiger partial charge is 0.132 e. The van der Waals surface area contributed by atoms with E-state index >= 15 is 0 Å². The Kier molecular flexibility index (Phi) is 2.21. The Morgan fingerprint density at radius 2 is 2.45 bits per heavy atom. The normalized spacial score (nSPS) is 9.55. The molecule has 0 atom stereocenters. The van der Waals surface area contributed by atoms with Crippen LogP contribution in [0.2, 0.25) is 0 Å². The Morgan fingerprint density at radius 1 is 1.73 bits per heavy atom. The highest BCUT2D eigenvalue weighted by molar-refractivity contribution is 6.01. The van der Waals surface area contributed by atoms with Crippen LogP contribution in [-0.4, -0.2) is 10.7 Å². The van der Waals surface area contributed by atoms with E-state index in [1.54, 1.807) is 12.3 Å². The van der Waals surface area contributed by atoms with Crippen molar-refractivity contribution in [1.82, 2.24) is 4.98 Å². The van der Waals surface area contributed by atoms with Crippen LogP contribution in [0.3, 0.4) is 0 Å². The Bertz CT molecular complexity index is 268. The molecule has 0 fully saturated rings. The van der Waals surface area contributed by atoms with Crippen LogP contribution in [-0.2, 0) is 0 Å². The molecule has 0 aliphatic carbocycles. The molecule has 0 aromatic carbocycles. The van der Waals surface area contributed by atoms with Gasteiger partial charge in [-0.05, 0) is 18.6 Å². The van der Waals surface area contributed by atoms with Gasteiger partial charge in [-0.25, -0.2) is 4.98 Å². The quantitative estimate of drug-likeness (QED) is 0.625. The highest BCUT2D eigenvalue weighted by atomic mass is 14.8. The first kappa shape index (κ1) is 7.72. The molecule has 1 heterocycles. The Morgan fingerprint density at radius 3 is 3.00 bits per heavy atom. The van der Waals surface area contributed by atoms with Gasteiger partial charge in [0.2, 0.25) is 0 Å². The predicted molar refractivity (Wildman–Crippen MR) is 45.8 cm³/mol. The summed E-state index contributed by atoms with van der Waals surface area (Å²) in [4.78, 5) is 3.89. The molecule has 0 amide bonds. The van der Waals surface area contributed by atoms with Gasteiger partial charge in [-0.1, -0.05) is 6.92 Å². The maximum atomic E-state index is 7.50.